The molecule has 1 saturated heterocycles. The highest BCUT2D eigenvalue weighted by Gasteiger charge is 2.36. The Balaban J connectivity index is 2.10. The van der Waals surface area contributed by atoms with E-state index < -0.39 is 0 Å². The zero-order chi connectivity index (χ0) is 13.1. The molecular weight excluding hydrogens is 296 g/mol. The van der Waals surface area contributed by atoms with Crippen molar-refractivity contribution in [1.29, 1.82) is 0 Å². The molecule has 1 aliphatic heterocycles. The first-order chi connectivity index (χ1) is 8.61. The summed E-state index contributed by atoms with van der Waals surface area (Å²) >= 11 is 3.37. The van der Waals surface area contributed by atoms with Crippen molar-refractivity contribution < 1.29 is 9.59 Å². The van der Waals surface area contributed by atoms with E-state index in [9.17, 15) is 9.59 Å². The summed E-state index contributed by atoms with van der Waals surface area (Å²) in [4.78, 5) is 25.0. The van der Waals surface area contributed by atoms with Crippen molar-refractivity contribution >= 4 is 27.9 Å². The van der Waals surface area contributed by atoms with Crippen LogP contribution >= 0.6 is 15.9 Å². The molecule has 3 amide bonds. The number of halogens is 1. The lowest BCUT2D eigenvalue weighted by atomic mass is 10.1. The minimum Gasteiger partial charge on any atom is -0.326 e. The third-order valence-electron chi connectivity index (χ3n) is 2.91. The van der Waals surface area contributed by atoms with E-state index in [-0.39, 0.29) is 18.0 Å². The molecule has 5 heteroatoms. The van der Waals surface area contributed by atoms with Crippen molar-refractivity contribution in [2.24, 2.45) is 0 Å². The van der Waals surface area contributed by atoms with Crippen molar-refractivity contribution in [2.75, 3.05) is 0 Å². The van der Waals surface area contributed by atoms with Crippen LogP contribution in [-0.4, -0.2) is 22.9 Å². The van der Waals surface area contributed by atoms with Gasteiger partial charge in [0.1, 0.15) is 6.04 Å². The lowest BCUT2D eigenvalue weighted by Gasteiger charge is -2.13. The molecule has 1 aliphatic rings. The zero-order valence-electron chi connectivity index (χ0n) is 10.1. The highest BCUT2D eigenvalue weighted by atomic mass is 79.9. The summed E-state index contributed by atoms with van der Waals surface area (Å²) < 4.78 is 0.942. The van der Waals surface area contributed by atoms with E-state index in [1.165, 1.54) is 4.90 Å². The van der Waals surface area contributed by atoms with E-state index >= 15 is 0 Å². The highest BCUT2D eigenvalue weighted by Crippen LogP contribution is 2.17. The molecule has 1 N–H and O–H groups in total. The average molecular weight is 311 g/mol. The van der Waals surface area contributed by atoms with Gasteiger partial charge in [-0.3, -0.25) is 9.69 Å². The molecule has 0 aliphatic carbocycles. The number of benzene rings is 1. The maximum atomic E-state index is 12.0. The normalized spacial score (nSPS) is 19.2. The van der Waals surface area contributed by atoms with E-state index in [1.54, 1.807) is 0 Å². The van der Waals surface area contributed by atoms with Gasteiger partial charge in [0.15, 0.2) is 0 Å². The molecular formula is C13H15BrN2O2. The smallest absolute Gasteiger partial charge is 0.325 e. The second kappa shape index (κ2) is 5.52. The van der Waals surface area contributed by atoms with Crippen molar-refractivity contribution in [3.8, 4) is 0 Å². The molecule has 0 spiro atoms. The van der Waals surface area contributed by atoms with Crippen molar-refractivity contribution in [3.05, 3.63) is 34.3 Å². The molecule has 0 bridgehead atoms. The van der Waals surface area contributed by atoms with Crippen LogP contribution in [0.3, 0.4) is 0 Å². The summed E-state index contributed by atoms with van der Waals surface area (Å²) in [5.41, 5.74) is 0.935. The zero-order valence-corrected chi connectivity index (χ0v) is 11.7. The van der Waals surface area contributed by atoms with Gasteiger partial charge >= 0.3 is 6.03 Å². The Morgan fingerprint density at radius 3 is 2.83 bits per heavy atom. The number of rotatable bonds is 4. The first-order valence-electron chi connectivity index (χ1n) is 5.98. The molecule has 0 aromatic heterocycles. The monoisotopic (exact) mass is 310 g/mol. The van der Waals surface area contributed by atoms with Crippen molar-refractivity contribution in [3.63, 3.8) is 0 Å². The molecule has 1 atom stereocenters. The molecule has 1 aromatic carbocycles. The molecule has 96 valence electrons. The lowest BCUT2D eigenvalue weighted by molar-refractivity contribution is -0.128. The molecule has 1 fully saturated rings. The number of imide groups is 1. The van der Waals surface area contributed by atoms with Crippen LogP contribution < -0.4 is 5.32 Å². The number of urea groups is 1. The SMILES string of the molecule is CCC[C@H]1NC(=O)N(Cc2cccc(Br)c2)C1=O. The molecule has 18 heavy (non-hydrogen) atoms. The second-order valence-corrected chi connectivity index (χ2v) is 5.26. The van der Waals surface area contributed by atoms with Gasteiger partial charge < -0.3 is 5.32 Å². The first kappa shape index (κ1) is 13.1. The fraction of sp³-hybridized carbons (Fsp3) is 0.385. The molecule has 1 heterocycles. The van der Waals surface area contributed by atoms with Crippen LogP contribution in [0, 0.1) is 0 Å². The molecule has 2 rings (SSSR count). The standard InChI is InChI=1S/C13H15BrN2O2/c1-2-4-11-12(17)16(13(18)15-11)8-9-5-3-6-10(14)7-9/h3,5-7,11H,2,4,8H2,1H3,(H,15,18)/t11-/m1/s1. The predicted molar refractivity (Wildman–Crippen MR) is 71.9 cm³/mol. The molecule has 0 unspecified atom stereocenters. The summed E-state index contributed by atoms with van der Waals surface area (Å²) in [6.07, 6.45) is 1.57. The third kappa shape index (κ3) is 2.72. The van der Waals surface area contributed by atoms with Crippen LogP contribution in [0.25, 0.3) is 0 Å². The van der Waals surface area contributed by atoms with Crippen LogP contribution in [-0.2, 0) is 11.3 Å². The minimum absolute atomic E-state index is 0.123. The fourth-order valence-corrected chi connectivity index (χ4v) is 2.48. The van der Waals surface area contributed by atoms with Gasteiger partial charge in [0.25, 0.3) is 5.91 Å². The lowest BCUT2D eigenvalue weighted by Crippen LogP contribution is -2.30. The summed E-state index contributed by atoms with van der Waals surface area (Å²) in [7, 11) is 0. The maximum absolute atomic E-state index is 12.0. The van der Waals surface area contributed by atoms with Crippen LogP contribution in [0.2, 0.25) is 0 Å². The largest absolute Gasteiger partial charge is 0.326 e. The summed E-state index contributed by atoms with van der Waals surface area (Å²) in [6, 6.07) is 6.97. The second-order valence-electron chi connectivity index (χ2n) is 4.35. The number of nitrogens with one attached hydrogen (secondary N) is 1. The minimum atomic E-state index is -0.352. The third-order valence-corrected chi connectivity index (χ3v) is 3.41. The van der Waals surface area contributed by atoms with Gasteiger partial charge in [0.05, 0.1) is 6.54 Å². The van der Waals surface area contributed by atoms with Crippen molar-refractivity contribution in [1.82, 2.24) is 10.2 Å². The van der Waals surface area contributed by atoms with Gasteiger partial charge in [0.2, 0.25) is 0 Å². The van der Waals surface area contributed by atoms with Crippen LogP contribution in [0.1, 0.15) is 25.3 Å². The summed E-state index contributed by atoms with van der Waals surface area (Å²) in [5, 5.41) is 2.72. The number of amides is 3. The summed E-state index contributed by atoms with van der Waals surface area (Å²) in [5.74, 6) is -0.123. The van der Waals surface area contributed by atoms with E-state index in [1.807, 2.05) is 31.2 Å². The number of carbonyl (C=O) groups is 2. The maximum Gasteiger partial charge on any atom is 0.325 e. The number of carbonyl (C=O) groups excluding carboxylic acids is 2. The first-order valence-corrected chi connectivity index (χ1v) is 6.77. The van der Waals surface area contributed by atoms with Gasteiger partial charge in [0, 0.05) is 4.47 Å². The molecule has 4 nitrogen and oxygen atoms in total. The van der Waals surface area contributed by atoms with Gasteiger partial charge in [-0.2, -0.15) is 0 Å². The van der Waals surface area contributed by atoms with Gasteiger partial charge in [-0.05, 0) is 24.1 Å². The Morgan fingerprint density at radius 1 is 1.39 bits per heavy atom. The topological polar surface area (TPSA) is 49.4 Å². The van der Waals surface area contributed by atoms with Crippen LogP contribution in [0.4, 0.5) is 4.79 Å². The quantitative estimate of drug-likeness (QED) is 0.869. The molecule has 1 aromatic rings. The van der Waals surface area contributed by atoms with E-state index in [0.717, 1.165) is 16.5 Å². The van der Waals surface area contributed by atoms with E-state index in [2.05, 4.69) is 21.2 Å². The van der Waals surface area contributed by atoms with Gasteiger partial charge in [-0.1, -0.05) is 41.4 Å². The van der Waals surface area contributed by atoms with Crippen LogP contribution in [0.5, 0.6) is 0 Å². The Kier molecular flexibility index (Phi) is 4.01. The average Bonchev–Trinajstić information content (AvgIpc) is 2.58. The Hall–Kier alpha value is -1.36. The fourth-order valence-electron chi connectivity index (χ4n) is 2.03. The van der Waals surface area contributed by atoms with Crippen LogP contribution in [0.15, 0.2) is 28.7 Å². The highest BCUT2D eigenvalue weighted by molar-refractivity contribution is 9.10. The predicted octanol–water partition coefficient (Wildman–Crippen LogP) is 2.67. The summed E-state index contributed by atoms with van der Waals surface area (Å²) in [6.45, 7) is 2.32. The van der Waals surface area contributed by atoms with E-state index in [0.29, 0.717) is 13.0 Å². The van der Waals surface area contributed by atoms with Gasteiger partial charge in [-0.25, -0.2) is 4.79 Å². The Labute approximate surface area is 114 Å². The Morgan fingerprint density at radius 2 is 2.17 bits per heavy atom. The number of hydrogen-bond donors (Lipinski definition) is 1. The van der Waals surface area contributed by atoms with E-state index in [4.69, 9.17) is 0 Å². The van der Waals surface area contributed by atoms with Gasteiger partial charge in [-0.15, -0.1) is 0 Å². The Bertz CT molecular complexity index is 476. The molecule has 0 saturated carbocycles. The number of hydrogen-bond acceptors (Lipinski definition) is 2. The van der Waals surface area contributed by atoms with Crippen molar-refractivity contribution in [2.45, 2.75) is 32.4 Å². The molecule has 0 radical (unpaired) electrons. The number of nitrogens with zero attached hydrogens (tertiary/aromatic N) is 1.